The number of aliphatic hydroxyl groups is 1. The van der Waals surface area contributed by atoms with Crippen LogP contribution in [0.3, 0.4) is 0 Å². The molecule has 3 heterocycles. The molecule has 2 aromatic rings. The fourth-order valence-corrected chi connectivity index (χ4v) is 9.61. The highest BCUT2D eigenvalue weighted by atomic mass is 19.1. The van der Waals surface area contributed by atoms with Crippen LogP contribution in [-0.2, 0) is 26.3 Å². The SMILES string of the molecule is COC(=O)C[C@H]1CCC[C@@H]1[C@](CNC(C)=O)(c1cccc(F)c1)C1CCN(CC2(CO)CN(c3ccc(C#N)c(CN4CC(F)C4)c3)C2)CC1. The largest absolute Gasteiger partial charge is 0.469 e. The van der Waals surface area contributed by atoms with Crippen molar-refractivity contribution in [3.63, 3.8) is 0 Å². The van der Waals surface area contributed by atoms with Crippen molar-refractivity contribution in [2.75, 3.05) is 71.0 Å². The second-order valence-corrected chi connectivity index (χ2v) is 15.3. The molecule has 9 nitrogen and oxygen atoms in total. The Balaban J connectivity index is 1.17. The van der Waals surface area contributed by atoms with Gasteiger partial charge in [-0.25, -0.2) is 8.78 Å². The Morgan fingerprint density at radius 1 is 1.10 bits per heavy atom. The van der Waals surface area contributed by atoms with Crippen LogP contribution < -0.4 is 10.2 Å². The zero-order valence-electron chi connectivity index (χ0n) is 29.4. The van der Waals surface area contributed by atoms with E-state index in [4.69, 9.17) is 4.74 Å². The van der Waals surface area contributed by atoms with E-state index in [1.807, 2.05) is 29.2 Å². The number of piperidine rings is 1. The lowest BCUT2D eigenvalue weighted by Gasteiger charge is -2.54. The average Bonchev–Trinajstić information content (AvgIpc) is 3.54. The Morgan fingerprint density at radius 2 is 1.86 bits per heavy atom. The van der Waals surface area contributed by atoms with Crippen molar-refractivity contribution in [3.8, 4) is 6.07 Å². The number of rotatable bonds is 13. The standard InChI is InChI=1S/C39H51F2N5O4/c1-27(48)43-22-39(32-6-4-7-33(40)17-32,36-8-3-5-28(36)16-37(49)50-2)31-11-13-44(14-12-31)23-38(26-47)24-46(25-38)35-10-9-29(18-42)30(15-35)19-45-20-34(41)21-45/h4,6-7,9-10,15,17,28,31,34,36,47H,3,5,8,11-14,16,19-26H2,1-2H3,(H,43,48)/t28-,36+,39+/m1/s1. The minimum atomic E-state index is -0.796. The van der Waals surface area contributed by atoms with Crippen molar-refractivity contribution in [3.05, 3.63) is 65.0 Å². The number of halogens is 2. The van der Waals surface area contributed by atoms with E-state index in [1.165, 1.54) is 20.1 Å². The highest BCUT2D eigenvalue weighted by molar-refractivity contribution is 5.73. The fourth-order valence-electron chi connectivity index (χ4n) is 9.61. The Morgan fingerprint density at radius 3 is 2.50 bits per heavy atom. The van der Waals surface area contributed by atoms with E-state index < -0.39 is 11.6 Å². The zero-order valence-corrected chi connectivity index (χ0v) is 29.4. The number of nitrogens with zero attached hydrogens (tertiary/aromatic N) is 4. The summed E-state index contributed by atoms with van der Waals surface area (Å²) in [5.41, 5.74) is 2.56. The summed E-state index contributed by atoms with van der Waals surface area (Å²) in [6, 6.07) is 14.9. The molecule has 0 bridgehead atoms. The first kappa shape index (κ1) is 36.2. The molecule has 11 heteroatoms. The number of hydrogen-bond acceptors (Lipinski definition) is 8. The molecule has 4 aliphatic rings. The molecule has 50 heavy (non-hydrogen) atoms. The van der Waals surface area contributed by atoms with E-state index in [0.717, 1.165) is 68.6 Å². The summed E-state index contributed by atoms with van der Waals surface area (Å²) >= 11 is 0. The van der Waals surface area contributed by atoms with Crippen LogP contribution in [0.25, 0.3) is 0 Å². The highest BCUT2D eigenvalue weighted by Gasteiger charge is 2.52. The Kier molecular flexibility index (Phi) is 11.1. The molecule has 0 aromatic heterocycles. The maximum Gasteiger partial charge on any atom is 0.305 e. The molecule has 2 N–H and O–H groups in total. The number of aliphatic hydroxyl groups excluding tert-OH is 1. The predicted octanol–water partition coefficient (Wildman–Crippen LogP) is 4.42. The lowest BCUT2D eigenvalue weighted by atomic mass is 9.57. The third kappa shape index (κ3) is 7.53. The van der Waals surface area contributed by atoms with E-state index in [9.17, 15) is 28.7 Å². The van der Waals surface area contributed by atoms with Gasteiger partial charge in [0.1, 0.15) is 12.0 Å². The normalized spacial score (nSPS) is 24.1. The number of hydrogen-bond donors (Lipinski definition) is 2. The maximum atomic E-state index is 14.9. The minimum absolute atomic E-state index is 0.0608. The van der Waals surface area contributed by atoms with Gasteiger partial charge in [0.25, 0.3) is 0 Å². The van der Waals surface area contributed by atoms with Gasteiger partial charge in [-0.05, 0) is 98.0 Å². The van der Waals surface area contributed by atoms with Gasteiger partial charge in [-0.15, -0.1) is 0 Å². The van der Waals surface area contributed by atoms with E-state index in [-0.39, 0.29) is 47.5 Å². The summed E-state index contributed by atoms with van der Waals surface area (Å²) in [5.74, 6) is -0.379. The molecule has 0 radical (unpaired) electrons. The molecular weight excluding hydrogens is 640 g/mol. The van der Waals surface area contributed by atoms with Gasteiger partial charge in [-0.3, -0.25) is 14.5 Å². The number of carbonyl (C=O) groups is 2. The van der Waals surface area contributed by atoms with Crippen LogP contribution in [0, 0.1) is 40.3 Å². The summed E-state index contributed by atoms with van der Waals surface area (Å²) in [6.07, 6.45) is 3.96. The van der Waals surface area contributed by atoms with Crippen molar-refractivity contribution in [1.82, 2.24) is 15.1 Å². The Hall–Kier alpha value is -3.59. The van der Waals surface area contributed by atoms with Crippen LogP contribution in [0.4, 0.5) is 14.5 Å². The molecule has 1 saturated carbocycles. The molecule has 3 aliphatic heterocycles. The van der Waals surface area contributed by atoms with Gasteiger partial charge in [-0.2, -0.15) is 5.26 Å². The molecule has 0 unspecified atom stereocenters. The van der Waals surface area contributed by atoms with Crippen molar-refractivity contribution in [2.24, 2.45) is 23.2 Å². The number of nitriles is 1. The van der Waals surface area contributed by atoms with Gasteiger partial charge >= 0.3 is 5.97 Å². The number of likely N-dealkylation sites (tertiary alicyclic amines) is 2. The summed E-state index contributed by atoms with van der Waals surface area (Å²) in [7, 11) is 1.42. The average molecular weight is 692 g/mol. The number of amides is 1. The molecule has 270 valence electrons. The molecule has 2 aromatic carbocycles. The van der Waals surface area contributed by atoms with Crippen molar-refractivity contribution in [1.29, 1.82) is 5.26 Å². The van der Waals surface area contributed by atoms with Gasteiger partial charge in [0.15, 0.2) is 0 Å². The highest BCUT2D eigenvalue weighted by Crippen LogP contribution is 2.53. The monoisotopic (exact) mass is 691 g/mol. The molecule has 6 rings (SSSR count). The van der Waals surface area contributed by atoms with Crippen LogP contribution in [0.2, 0.25) is 0 Å². The second kappa shape index (κ2) is 15.3. The molecule has 3 atom stereocenters. The molecule has 1 amide bonds. The Bertz CT molecular complexity index is 1560. The number of methoxy groups -OCH3 is 1. The first-order valence-corrected chi connectivity index (χ1v) is 18.1. The van der Waals surface area contributed by atoms with Crippen LogP contribution in [0.5, 0.6) is 0 Å². The second-order valence-electron chi connectivity index (χ2n) is 15.3. The third-order valence-electron chi connectivity index (χ3n) is 12.1. The zero-order chi connectivity index (χ0) is 35.5. The number of alkyl halides is 1. The van der Waals surface area contributed by atoms with Crippen molar-refractivity contribution in [2.45, 2.75) is 63.6 Å². The third-order valence-corrected chi connectivity index (χ3v) is 12.1. The van der Waals surface area contributed by atoms with E-state index in [0.29, 0.717) is 51.3 Å². The molecule has 1 aliphatic carbocycles. The predicted molar refractivity (Wildman–Crippen MR) is 186 cm³/mol. The van der Waals surface area contributed by atoms with E-state index in [1.54, 1.807) is 12.1 Å². The first-order valence-electron chi connectivity index (χ1n) is 18.1. The van der Waals surface area contributed by atoms with Crippen molar-refractivity contribution >= 4 is 17.6 Å². The fraction of sp³-hybridized carbons (Fsp3) is 0.615. The van der Waals surface area contributed by atoms with Gasteiger partial charge in [-0.1, -0.05) is 18.6 Å². The number of ether oxygens (including phenoxy) is 1. The smallest absolute Gasteiger partial charge is 0.305 e. The summed E-state index contributed by atoms with van der Waals surface area (Å²) < 4.78 is 33.4. The van der Waals surface area contributed by atoms with Crippen LogP contribution in [0.15, 0.2) is 42.5 Å². The summed E-state index contributed by atoms with van der Waals surface area (Å²) in [6.45, 7) is 7.05. The van der Waals surface area contributed by atoms with Crippen LogP contribution in [0.1, 0.15) is 62.1 Å². The Labute approximate surface area is 294 Å². The number of carbonyl (C=O) groups excluding carboxylic acids is 2. The van der Waals surface area contributed by atoms with E-state index >= 15 is 0 Å². The lowest BCUT2D eigenvalue weighted by Crippen LogP contribution is -2.64. The first-order chi connectivity index (χ1) is 24.1. The van der Waals surface area contributed by atoms with Gasteiger partial charge < -0.3 is 25.0 Å². The number of benzene rings is 2. The molecule has 3 saturated heterocycles. The molecule has 4 fully saturated rings. The maximum absolute atomic E-state index is 14.9. The summed E-state index contributed by atoms with van der Waals surface area (Å²) in [4.78, 5) is 31.6. The number of esters is 1. The molecule has 0 spiro atoms. The van der Waals surface area contributed by atoms with E-state index in [2.05, 4.69) is 21.2 Å². The van der Waals surface area contributed by atoms with Gasteiger partial charge in [0.05, 0.1) is 25.3 Å². The number of nitrogens with one attached hydrogen (secondary N) is 1. The minimum Gasteiger partial charge on any atom is -0.469 e. The van der Waals surface area contributed by atoms with Gasteiger partial charge in [0.2, 0.25) is 5.91 Å². The summed E-state index contributed by atoms with van der Waals surface area (Å²) in [5, 5.41) is 23.4. The molecular formula is C39H51F2N5O4. The number of anilines is 1. The van der Waals surface area contributed by atoms with Crippen LogP contribution in [-0.4, -0.2) is 99.0 Å². The van der Waals surface area contributed by atoms with Crippen LogP contribution >= 0.6 is 0 Å². The van der Waals surface area contributed by atoms with Gasteiger partial charge in [0, 0.05) is 75.7 Å². The topological polar surface area (TPSA) is 109 Å². The lowest BCUT2D eigenvalue weighted by molar-refractivity contribution is -0.142. The van der Waals surface area contributed by atoms with Crippen molar-refractivity contribution < 1.29 is 28.2 Å². The quantitative estimate of drug-likeness (QED) is 0.298.